The van der Waals surface area contributed by atoms with Crippen molar-refractivity contribution in [3.8, 4) is 11.5 Å². The van der Waals surface area contributed by atoms with Gasteiger partial charge in [0.15, 0.2) is 18.1 Å². The summed E-state index contributed by atoms with van der Waals surface area (Å²) in [6, 6.07) is 11.0. The third-order valence-corrected chi connectivity index (χ3v) is 4.07. The van der Waals surface area contributed by atoms with Crippen molar-refractivity contribution in [2.45, 2.75) is 19.6 Å². The standard InChI is InChI=1S/C20H23F3N2O3/c1-25(12-15-5-8-18(27-2)17(21)11-15)13-19(26)24-10-9-14-3-6-16(7-4-14)28-20(22)23/h3-8,11,20H,9-10,12-13H2,1-2H3,(H,24,26)/p+1. The summed E-state index contributed by atoms with van der Waals surface area (Å²) >= 11 is 0. The lowest BCUT2D eigenvalue weighted by Gasteiger charge is -2.14. The number of alkyl halides is 2. The van der Waals surface area contributed by atoms with Gasteiger partial charge in [-0.1, -0.05) is 12.1 Å². The number of quaternary nitrogens is 1. The van der Waals surface area contributed by atoms with Crippen LogP contribution in [-0.2, 0) is 17.8 Å². The number of amides is 1. The van der Waals surface area contributed by atoms with Gasteiger partial charge in [-0.2, -0.15) is 8.78 Å². The van der Waals surface area contributed by atoms with Crippen LogP contribution in [0.4, 0.5) is 13.2 Å². The molecule has 28 heavy (non-hydrogen) atoms. The molecule has 0 radical (unpaired) electrons. The molecule has 2 rings (SSSR count). The summed E-state index contributed by atoms with van der Waals surface area (Å²) in [6.07, 6.45) is 0.573. The SMILES string of the molecule is COc1ccc(C[NH+](C)CC(=O)NCCc2ccc(OC(F)F)cc2)cc1F. The molecule has 1 unspecified atom stereocenters. The van der Waals surface area contributed by atoms with E-state index in [1.165, 1.54) is 25.3 Å². The molecule has 0 heterocycles. The Morgan fingerprint density at radius 3 is 2.43 bits per heavy atom. The Morgan fingerprint density at radius 1 is 1.14 bits per heavy atom. The maximum absolute atomic E-state index is 13.7. The number of hydrogen-bond acceptors (Lipinski definition) is 3. The van der Waals surface area contributed by atoms with E-state index in [-0.39, 0.29) is 24.0 Å². The second-order valence-electron chi connectivity index (χ2n) is 6.40. The summed E-state index contributed by atoms with van der Waals surface area (Å²) in [6.45, 7) is -1.67. The van der Waals surface area contributed by atoms with Gasteiger partial charge in [-0.25, -0.2) is 4.39 Å². The highest BCUT2D eigenvalue weighted by molar-refractivity contribution is 5.76. The molecule has 152 valence electrons. The molecule has 1 atom stereocenters. The summed E-state index contributed by atoms with van der Waals surface area (Å²) in [5.74, 6) is -0.262. The highest BCUT2D eigenvalue weighted by Gasteiger charge is 2.12. The normalized spacial score (nSPS) is 11.9. The molecule has 0 aliphatic heterocycles. The van der Waals surface area contributed by atoms with Crippen molar-refractivity contribution in [3.05, 3.63) is 59.4 Å². The van der Waals surface area contributed by atoms with Crippen molar-refractivity contribution < 1.29 is 32.3 Å². The second-order valence-corrected chi connectivity index (χ2v) is 6.40. The van der Waals surface area contributed by atoms with Crippen molar-refractivity contribution >= 4 is 5.91 Å². The first-order valence-corrected chi connectivity index (χ1v) is 8.81. The molecule has 2 aromatic carbocycles. The van der Waals surface area contributed by atoms with E-state index in [0.717, 1.165) is 16.0 Å². The number of carbonyl (C=O) groups is 1. The van der Waals surface area contributed by atoms with Crippen LogP contribution in [0.2, 0.25) is 0 Å². The molecule has 5 nitrogen and oxygen atoms in total. The minimum Gasteiger partial charge on any atom is -0.494 e. The molecule has 0 aromatic heterocycles. The lowest BCUT2D eigenvalue weighted by molar-refractivity contribution is -0.885. The van der Waals surface area contributed by atoms with E-state index in [1.54, 1.807) is 24.3 Å². The average Bonchev–Trinajstić information content (AvgIpc) is 2.62. The van der Waals surface area contributed by atoms with Gasteiger partial charge >= 0.3 is 6.61 Å². The largest absolute Gasteiger partial charge is 0.494 e. The Morgan fingerprint density at radius 2 is 1.82 bits per heavy atom. The molecule has 0 fully saturated rings. The fourth-order valence-electron chi connectivity index (χ4n) is 2.75. The third kappa shape index (κ3) is 7.11. The molecular weight excluding hydrogens is 373 g/mol. The molecular formula is C20H24F3N2O3+. The number of benzene rings is 2. The van der Waals surface area contributed by atoms with E-state index in [1.807, 2.05) is 7.05 Å². The van der Waals surface area contributed by atoms with Gasteiger partial charge in [-0.3, -0.25) is 4.79 Å². The van der Waals surface area contributed by atoms with Crippen LogP contribution in [0.15, 0.2) is 42.5 Å². The van der Waals surface area contributed by atoms with Gasteiger partial charge in [0.2, 0.25) is 0 Å². The number of nitrogens with one attached hydrogen (secondary N) is 2. The molecule has 1 amide bonds. The second kappa shape index (κ2) is 10.6. The van der Waals surface area contributed by atoms with Gasteiger partial charge in [0.25, 0.3) is 5.91 Å². The maximum atomic E-state index is 13.7. The van der Waals surface area contributed by atoms with Gasteiger partial charge in [0, 0.05) is 12.1 Å². The predicted octanol–water partition coefficient (Wildman–Crippen LogP) is 1.81. The number of carbonyl (C=O) groups excluding carboxylic acids is 1. The number of hydrogen-bond donors (Lipinski definition) is 2. The van der Waals surface area contributed by atoms with Crippen molar-refractivity contribution in [2.24, 2.45) is 0 Å². The lowest BCUT2D eigenvalue weighted by Crippen LogP contribution is -3.08. The zero-order chi connectivity index (χ0) is 20.5. The molecule has 0 aliphatic rings. The van der Waals surface area contributed by atoms with E-state index >= 15 is 0 Å². The van der Waals surface area contributed by atoms with Gasteiger partial charge in [-0.15, -0.1) is 0 Å². The van der Waals surface area contributed by atoms with E-state index in [0.29, 0.717) is 19.5 Å². The molecule has 0 bridgehead atoms. The number of methoxy groups -OCH3 is 1. The summed E-state index contributed by atoms with van der Waals surface area (Å²) in [7, 11) is 3.26. The monoisotopic (exact) mass is 397 g/mol. The first kappa shape index (κ1) is 21.6. The maximum Gasteiger partial charge on any atom is 0.387 e. The Kier molecular flexibility index (Phi) is 8.13. The zero-order valence-corrected chi connectivity index (χ0v) is 15.8. The van der Waals surface area contributed by atoms with Crippen LogP contribution >= 0.6 is 0 Å². The summed E-state index contributed by atoms with van der Waals surface area (Å²) in [5.41, 5.74) is 1.67. The molecule has 8 heteroatoms. The highest BCUT2D eigenvalue weighted by Crippen LogP contribution is 2.17. The van der Waals surface area contributed by atoms with Crippen molar-refractivity contribution in [1.29, 1.82) is 0 Å². The van der Waals surface area contributed by atoms with Crippen LogP contribution in [0, 0.1) is 5.82 Å². The summed E-state index contributed by atoms with van der Waals surface area (Å²) < 4.78 is 47.1. The van der Waals surface area contributed by atoms with Gasteiger partial charge in [-0.05, 0) is 42.3 Å². The fourth-order valence-corrected chi connectivity index (χ4v) is 2.75. The van der Waals surface area contributed by atoms with Crippen molar-refractivity contribution in [1.82, 2.24) is 5.32 Å². The predicted molar refractivity (Wildman–Crippen MR) is 98.2 cm³/mol. The van der Waals surface area contributed by atoms with Crippen LogP contribution in [0.25, 0.3) is 0 Å². The first-order valence-electron chi connectivity index (χ1n) is 8.81. The molecule has 0 aliphatic carbocycles. The summed E-state index contributed by atoms with van der Waals surface area (Å²) in [5, 5.41) is 2.82. The number of halogens is 3. The van der Waals surface area contributed by atoms with E-state index in [4.69, 9.17) is 4.74 Å². The van der Waals surface area contributed by atoms with Gasteiger partial charge in [0.05, 0.1) is 14.2 Å². The van der Waals surface area contributed by atoms with E-state index in [9.17, 15) is 18.0 Å². The number of rotatable bonds is 10. The number of ether oxygens (including phenoxy) is 2. The molecule has 2 aromatic rings. The van der Waals surface area contributed by atoms with Crippen molar-refractivity contribution in [3.63, 3.8) is 0 Å². The third-order valence-electron chi connectivity index (χ3n) is 4.07. The Bertz CT molecular complexity index is 770. The quantitative estimate of drug-likeness (QED) is 0.643. The topological polar surface area (TPSA) is 52.0 Å². The molecule has 0 saturated heterocycles. The molecule has 0 spiro atoms. The van der Waals surface area contributed by atoms with E-state index in [2.05, 4.69) is 10.1 Å². The van der Waals surface area contributed by atoms with Crippen LogP contribution in [0.3, 0.4) is 0 Å². The average molecular weight is 397 g/mol. The van der Waals surface area contributed by atoms with E-state index < -0.39 is 12.4 Å². The number of likely N-dealkylation sites (N-methyl/N-ethyl adjacent to an activating group) is 1. The van der Waals surface area contributed by atoms with Crippen LogP contribution in [0.1, 0.15) is 11.1 Å². The van der Waals surface area contributed by atoms with Gasteiger partial charge in [0.1, 0.15) is 12.3 Å². The Hall–Kier alpha value is -2.74. The van der Waals surface area contributed by atoms with Crippen molar-refractivity contribution in [2.75, 3.05) is 27.2 Å². The van der Waals surface area contributed by atoms with Gasteiger partial charge < -0.3 is 19.7 Å². The molecule has 2 N–H and O–H groups in total. The fraction of sp³-hybridized carbons (Fsp3) is 0.350. The van der Waals surface area contributed by atoms with Crippen LogP contribution in [-0.4, -0.2) is 39.8 Å². The Labute approximate surface area is 162 Å². The smallest absolute Gasteiger partial charge is 0.387 e. The van der Waals surface area contributed by atoms with Crippen LogP contribution in [0.5, 0.6) is 11.5 Å². The zero-order valence-electron chi connectivity index (χ0n) is 15.8. The summed E-state index contributed by atoms with van der Waals surface area (Å²) in [4.78, 5) is 13.0. The lowest BCUT2D eigenvalue weighted by atomic mass is 10.1. The molecule has 0 saturated carbocycles. The highest BCUT2D eigenvalue weighted by atomic mass is 19.3. The first-order chi connectivity index (χ1) is 13.4. The van der Waals surface area contributed by atoms with Crippen LogP contribution < -0.4 is 19.7 Å². The Balaban J connectivity index is 1.72. The minimum absolute atomic E-state index is 0.1000. The minimum atomic E-state index is -2.85.